The van der Waals surface area contributed by atoms with Gasteiger partial charge in [-0.1, -0.05) is 4.98 Å². The van der Waals surface area contributed by atoms with E-state index in [9.17, 15) is 0 Å². The van der Waals surface area contributed by atoms with Crippen molar-refractivity contribution in [2.45, 2.75) is 0 Å². The number of fused-ring (bicyclic) bond motifs is 1. The van der Waals surface area contributed by atoms with Gasteiger partial charge in [0.2, 0.25) is 17.8 Å². The van der Waals surface area contributed by atoms with Gasteiger partial charge in [0.1, 0.15) is 5.39 Å². The molecule has 15 heavy (non-hydrogen) atoms. The van der Waals surface area contributed by atoms with Gasteiger partial charge < -0.3 is 10.3 Å². The summed E-state index contributed by atoms with van der Waals surface area (Å²) in [5.41, 5.74) is 0.947. The van der Waals surface area contributed by atoms with E-state index in [1.807, 2.05) is 6.20 Å². The normalized spacial score (nSPS) is 17.2. The van der Waals surface area contributed by atoms with Crippen LogP contribution in [0.3, 0.4) is 0 Å². The molecule has 5 heteroatoms. The van der Waals surface area contributed by atoms with Crippen molar-refractivity contribution in [3.8, 4) is 0 Å². The van der Waals surface area contributed by atoms with Crippen LogP contribution in [-0.2, 0) is 0 Å². The SMILES string of the molecule is c1cc2c(N3CCNCC3)[nH+]cnc2[nH]1. The lowest BCUT2D eigenvalue weighted by atomic mass is 10.3. The predicted octanol–water partition coefficient (Wildman–Crippen LogP) is -0.213. The maximum atomic E-state index is 4.24. The molecule has 3 rings (SSSR count). The van der Waals surface area contributed by atoms with E-state index in [0.717, 1.165) is 31.8 Å². The lowest BCUT2D eigenvalue weighted by molar-refractivity contribution is -0.367. The maximum Gasteiger partial charge on any atom is 0.234 e. The highest BCUT2D eigenvalue weighted by Gasteiger charge is 2.19. The second-order valence-corrected chi connectivity index (χ2v) is 3.73. The summed E-state index contributed by atoms with van der Waals surface area (Å²) in [6.45, 7) is 4.17. The number of H-pyrrole nitrogens is 2. The van der Waals surface area contributed by atoms with Crippen LogP contribution in [-0.4, -0.2) is 36.1 Å². The van der Waals surface area contributed by atoms with Crippen LogP contribution >= 0.6 is 0 Å². The van der Waals surface area contributed by atoms with E-state index in [1.54, 1.807) is 6.33 Å². The molecule has 2 aromatic rings. The first-order valence-corrected chi connectivity index (χ1v) is 5.24. The quantitative estimate of drug-likeness (QED) is 0.675. The standard InChI is InChI=1S/C10H13N5/c1-2-12-9-8(1)10(14-7-13-9)15-5-3-11-4-6-15/h1-2,7,11H,3-6H2,(H,12,13,14)/p+1. The Labute approximate surface area is 87.5 Å². The third-order valence-corrected chi connectivity index (χ3v) is 2.81. The van der Waals surface area contributed by atoms with Gasteiger partial charge in [-0.05, 0) is 6.07 Å². The minimum Gasteiger partial charge on any atom is -0.332 e. The molecule has 1 saturated heterocycles. The molecule has 2 aromatic heterocycles. The molecular formula is C10H14N5+. The number of nitrogens with one attached hydrogen (secondary N) is 3. The molecule has 0 spiro atoms. The van der Waals surface area contributed by atoms with Gasteiger partial charge in [0, 0.05) is 19.3 Å². The van der Waals surface area contributed by atoms with Crippen LogP contribution < -0.4 is 15.2 Å². The first-order valence-electron chi connectivity index (χ1n) is 5.24. The number of rotatable bonds is 1. The van der Waals surface area contributed by atoms with Gasteiger partial charge >= 0.3 is 0 Å². The molecule has 0 aliphatic carbocycles. The monoisotopic (exact) mass is 204 g/mol. The molecule has 0 atom stereocenters. The summed E-state index contributed by atoms with van der Waals surface area (Å²) in [6, 6.07) is 2.07. The topological polar surface area (TPSA) is 58.1 Å². The molecule has 0 unspecified atom stereocenters. The molecule has 3 heterocycles. The summed E-state index contributed by atoms with van der Waals surface area (Å²) in [4.78, 5) is 13.0. The fourth-order valence-electron chi connectivity index (χ4n) is 2.04. The summed E-state index contributed by atoms with van der Waals surface area (Å²) in [7, 11) is 0. The number of anilines is 1. The van der Waals surface area contributed by atoms with Crippen molar-refractivity contribution < 1.29 is 4.98 Å². The van der Waals surface area contributed by atoms with Gasteiger partial charge in [-0.15, -0.1) is 0 Å². The fraction of sp³-hybridized carbons (Fsp3) is 0.400. The summed E-state index contributed by atoms with van der Waals surface area (Å²) < 4.78 is 0. The summed E-state index contributed by atoms with van der Waals surface area (Å²) in [5.74, 6) is 1.17. The van der Waals surface area contributed by atoms with Crippen LogP contribution in [0.15, 0.2) is 18.6 Å². The van der Waals surface area contributed by atoms with E-state index >= 15 is 0 Å². The van der Waals surface area contributed by atoms with Gasteiger partial charge in [-0.3, -0.25) is 4.90 Å². The largest absolute Gasteiger partial charge is 0.332 e. The van der Waals surface area contributed by atoms with E-state index in [2.05, 4.69) is 31.2 Å². The van der Waals surface area contributed by atoms with Crippen LogP contribution in [0, 0.1) is 0 Å². The highest BCUT2D eigenvalue weighted by Crippen LogP contribution is 2.19. The van der Waals surface area contributed by atoms with Crippen molar-refractivity contribution in [3.05, 3.63) is 18.6 Å². The Hall–Kier alpha value is -1.62. The average molecular weight is 204 g/mol. The van der Waals surface area contributed by atoms with E-state index in [0.29, 0.717) is 0 Å². The van der Waals surface area contributed by atoms with Gasteiger partial charge in [-0.25, -0.2) is 4.98 Å². The van der Waals surface area contributed by atoms with Crippen molar-refractivity contribution >= 4 is 16.9 Å². The van der Waals surface area contributed by atoms with Gasteiger partial charge in [0.25, 0.3) is 0 Å². The number of hydrogen-bond donors (Lipinski definition) is 2. The molecule has 0 aromatic carbocycles. The van der Waals surface area contributed by atoms with Crippen molar-refractivity contribution in [2.24, 2.45) is 0 Å². The molecule has 0 saturated carbocycles. The lowest BCUT2D eigenvalue weighted by Crippen LogP contribution is -2.45. The third-order valence-electron chi connectivity index (χ3n) is 2.81. The highest BCUT2D eigenvalue weighted by atomic mass is 15.2. The molecule has 78 valence electrons. The number of piperazine rings is 1. The molecule has 0 amide bonds. The first-order chi connectivity index (χ1) is 7.45. The zero-order chi connectivity index (χ0) is 10.1. The Balaban J connectivity index is 2.05. The second-order valence-electron chi connectivity index (χ2n) is 3.73. The van der Waals surface area contributed by atoms with Crippen LogP contribution in [0.1, 0.15) is 0 Å². The van der Waals surface area contributed by atoms with Crippen LogP contribution in [0.4, 0.5) is 5.82 Å². The van der Waals surface area contributed by atoms with Crippen molar-refractivity contribution in [3.63, 3.8) is 0 Å². The average Bonchev–Trinajstić information content (AvgIpc) is 2.78. The molecule has 1 aliphatic heterocycles. The zero-order valence-electron chi connectivity index (χ0n) is 8.45. The highest BCUT2D eigenvalue weighted by molar-refractivity contribution is 5.85. The lowest BCUT2D eigenvalue weighted by Gasteiger charge is -2.24. The summed E-state index contributed by atoms with van der Waals surface area (Å²) >= 11 is 0. The van der Waals surface area contributed by atoms with E-state index in [-0.39, 0.29) is 0 Å². The summed E-state index contributed by atoms with van der Waals surface area (Å²) in [6.07, 6.45) is 3.67. The Morgan fingerprint density at radius 3 is 3.07 bits per heavy atom. The van der Waals surface area contributed by atoms with Gasteiger partial charge in [0.05, 0.1) is 13.1 Å². The van der Waals surface area contributed by atoms with Gasteiger partial charge in [0.15, 0.2) is 0 Å². The molecule has 1 fully saturated rings. The van der Waals surface area contributed by atoms with E-state index < -0.39 is 0 Å². The van der Waals surface area contributed by atoms with Crippen LogP contribution in [0.2, 0.25) is 0 Å². The van der Waals surface area contributed by atoms with Crippen molar-refractivity contribution in [2.75, 3.05) is 31.1 Å². The van der Waals surface area contributed by atoms with Crippen LogP contribution in [0.5, 0.6) is 0 Å². The van der Waals surface area contributed by atoms with E-state index in [1.165, 1.54) is 11.2 Å². The van der Waals surface area contributed by atoms with Crippen molar-refractivity contribution in [1.82, 2.24) is 15.3 Å². The summed E-state index contributed by atoms with van der Waals surface area (Å²) in [5, 5.41) is 4.51. The number of hydrogen-bond acceptors (Lipinski definition) is 3. The zero-order valence-corrected chi connectivity index (χ0v) is 8.45. The Morgan fingerprint density at radius 2 is 2.20 bits per heavy atom. The minimum atomic E-state index is 0.947. The number of nitrogens with zero attached hydrogens (tertiary/aromatic N) is 2. The molecular weight excluding hydrogens is 190 g/mol. The Kier molecular flexibility index (Phi) is 2.03. The minimum absolute atomic E-state index is 0.947. The van der Waals surface area contributed by atoms with E-state index in [4.69, 9.17) is 0 Å². The molecule has 3 N–H and O–H groups in total. The molecule has 0 bridgehead atoms. The molecule has 1 aliphatic rings. The van der Waals surface area contributed by atoms with Crippen LogP contribution in [0.25, 0.3) is 11.0 Å². The van der Waals surface area contributed by atoms with Crippen molar-refractivity contribution in [1.29, 1.82) is 0 Å². The number of aromatic amines is 2. The Bertz CT molecular complexity index is 458. The smallest absolute Gasteiger partial charge is 0.234 e. The molecule has 5 nitrogen and oxygen atoms in total. The maximum absolute atomic E-state index is 4.24. The fourth-order valence-corrected chi connectivity index (χ4v) is 2.04. The Morgan fingerprint density at radius 1 is 1.33 bits per heavy atom. The first kappa shape index (κ1) is 8.67. The second kappa shape index (κ2) is 3.51. The predicted molar refractivity (Wildman–Crippen MR) is 57.7 cm³/mol. The molecule has 0 radical (unpaired) electrons. The van der Waals surface area contributed by atoms with Gasteiger partial charge in [-0.2, -0.15) is 0 Å². The number of aromatic nitrogens is 3. The third kappa shape index (κ3) is 1.45.